The number of rotatable bonds is 7. The molecule has 1 spiro atoms. The van der Waals surface area contributed by atoms with Crippen LogP contribution in [0.4, 0.5) is 17.3 Å². The number of amides is 1. The lowest BCUT2D eigenvalue weighted by Gasteiger charge is -2.19. The molecule has 33 heavy (non-hydrogen) atoms. The highest BCUT2D eigenvalue weighted by molar-refractivity contribution is 5.96. The summed E-state index contributed by atoms with van der Waals surface area (Å²) in [7, 11) is 1.70. The fourth-order valence-electron chi connectivity index (χ4n) is 4.53. The van der Waals surface area contributed by atoms with Crippen LogP contribution in [0.2, 0.25) is 0 Å². The predicted molar refractivity (Wildman–Crippen MR) is 128 cm³/mol. The normalized spacial score (nSPS) is 15.4. The van der Waals surface area contributed by atoms with Gasteiger partial charge in [0.25, 0.3) is 5.91 Å². The second-order valence-corrected chi connectivity index (χ2v) is 8.78. The van der Waals surface area contributed by atoms with Crippen LogP contribution in [0.5, 0.6) is 0 Å². The average Bonchev–Trinajstić information content (AvgIpc) is 3.55. The number of aliphatic hydroxyl groups excluding tert-OH is 1. The summed E-state index contributed by atoms with van der Waals surface area (Å²) >= 11 is 0. The molecule has 5 rings (SSSR count). The number of nitrogens with one attached hydrogen (secondary N) is 1. The molecule has 0 saturated heterocycles. The molecular formula is C25H28N6O2. The van der Waals surface area contributed by atoms with E-state index in [9.17, 15) is 9.90 Å². The first-order valence-corrected chi connectivity index (χ1v) is 11.4. The van der Waals surface area contributed by atoms with Crippen molar-refractivity contribution in [3.63, 3.8) is 0 Å². The van der Waals surface area contributed by atoms with Crippen molar-refractivity contribution in [3.8, 4) is 11.3 Å². The lowest BCUT2D eigenvalue weighted by atomic mass is 9.97. The zero-order chi connectivity index (χ0) is 23.0. The first-order valence-electron chi connectivity index (χ1n) is 11.4. The fraction of sp³-hybridized carbons (Fsp3) is 0.360. The predicted octanol–water partition coefficient (Wildman–Crippen LogP) is 3.22. The summed E-state index contributed by atoms with van der Waals surface area (Å²) in [5.41, 5.74) is 5.69. The van der Waals surface area contributed by atoms with E-state index in [1.165, 1.54) is 10.5 Å². The lowest BCUT2D eigenvalue weighted by Crippen LogP contribution is -2.29. The van der Waals surface area contributed by atoms with Crippen molar-refractivity contribution in [1.29, 1.82) is 0 Å². The van der Waals surface area contributed by atoms with Gasteiger partial charge >= 0.3 is 0 Å². The van der Waals surface area contributed by atoms with Crippen LogP contribution in [0.3, 0.4) is 0 Å². The number of likely N-dealkylation sites (N-methyl/N-ethyl adjacent to an activating group) is 1. The molecule has 1 aromatic carbocycles. The number of pyridine rings is 1. The molecule has 3 heterocycles. The summed E-state index contributed by atoms with van der Waals surface area (Å²) in [5.74, 6) is 0.520. The number of hydrogen-bond acceptors (Lipinski definition) is 7. The Morgan fingerprint density at radius 3 is 2.67 bits per heavy atom. The summed E-state index contributed by atoms with van der Waals surface area (Å²) in [6.07, 6.45) is 7.66. The Labute approximate surface area is 193 Å². The standard InChI is InChI=1S/C25H28N6O2/c1-3-26-19-6-9-27-21(13-19)18-14-28-24(29-15-18)31-16-25(7-8-25)20-5-4-17(12-22(20)31)23(33)30(2)10-11-32/h4-6,9,12-15,32H,3,7-8,10-11,16H2,1-2H3,(H,26,27). The van der Waals surface area contributed by atoms with Crippen LogP contribution < -0.4 is 10.2 Å². The maximum atomic E-state index is 12.8. The molecule has 1 aliphatic heterocycles. The SMILES string of the molecule is CCNc1ccnc(-c2cnc(N3CC4(CC4)c4ccc(C(=O)N(C)CCO)cc43)nc2)c1. The molecule has 0 bridgehead atoms. The van der Waals surface area contributed by atoms with Gasteiger partial charge in [0, 0.05) is 73.2 Å². The number of carbonyl (C=O) groups excluding carboxylic acids is 1. The molecule has 0 atom stereocenters. The zero-order valence-corrected chi connectivity index (χ0v) is 19.0. The van der Waals surface area contributed by atoms with Crippen LogP contribution >= 0.6 is 0 Å². The summed E-state index contributed by atoms with van der Waals surface area (Å²) in [6.45, 7) is 3.96. The van der Waals surface area contributed by atoms with Crippen LogP contribution in [-0.4, -0.2) is 64.2 Å². The summed E-state index contributed by atoms with van der Waals surface area (Å²) in [4.78, 5) is 30.2. The average molecular weight is 445 g/mol. The van der Waals surface area contributed by atoms with Crippen LogP contribution in [0, 0.1) is 0 Å². The number of carbonyl (C=O) groups is 1. The molecule has 2 aromatic heterocycles. The van der Waals surface area contributed by atoms with Crippen molar-refractivity contribution < 1.29 is 9.90 Å². The number of benzene rings is 1. The Morgan fingerprint density at radius 1 is 1.18 bits per heavy atom. The van der Waals surface area contributed by atoms with Gasteiger partial charge in [0.15, 0.2) is 0 Å². The van der Waals surface area contributed by atoms with Crippen molar-refractivity contribution in [2.75, 3.05) is 43.5 Å². The number of fused-ring (bicyclic) bond motifs is 2. The fourth-order valence-corrected chi connectivity index (χ4v) is 4.53. The molecule has 8 heteroatoms. The Hall–Kier alpha value is -3.52. The zero-order valence-electron chi connectivity index (χ0n) is 19.0. The van der Waals surface area contributed by atoms with Crippen molar-refractivity contribution in [2.24, 2.45) is 0 Å². The second-order valence-electron chi connectivity index (χ2n) is 8.78. The molecule has 2 N–H and O–H groups in total. The third-order valence-corrected chi connectivity index (χ3v) is 6.52. The van der Waals surface area contributed by atoms with Crippen molar-refractivity contribution in [2.45, 2.75) is 25.2 Å². The monoisotopic (exact) mass is 444 g/mol. The Balaban J connectivity index is 1.45. The van der Waals surface area contributed by atoms with E-state index in [-0.39, 0.29) is 17.9 Å². The minimum Gasteiger partial charge on any atom is -0.395 e. The largest absolute Gasteiger partial charge is 0.395 e. The van der Waals surface area contributed by atoms with Crippen molar-refractivity contribution >= 4 is 23.2 Å². The number of hydrogen-bond donors (Lipinski definition) is 2. The van der Waals surface area contributed by atoms with Gasteiger partial charge in [-0.3, -0.25) is 9.78 Å². The van der Waals surface area contributed by atoms with Gasteiger partial charge in [-0.2, -0.15) is 0 Å². The van der Waals surface area contributed by atoms with Gasteiger partial charge in [-0.25, -0.2) is 9.97 Å². The molecule has 2 aliphatic rings. The maximum Gasteiger partial charge on any atom is 0.253 e. The van der Waals surface area contributed by atoms with E-state index in [4.69, 9.17) is 0 Å². The minimum absolute atomic E-state index is 0.0606. The molecule has 0 unspecified atom stereocenters. The highest BCUT2D eigenvalue weighted by atomic mass is 16.3. The molecule has 1 saturated carbocycles. The first-order chi connectivity index (χ1) is 16.0. The molecule has 0 radical (unpaired) electrons. The van der Waals surface area contributed by atoms with Crippen molar-refractivity contribution in [1.82, 2.24) is 19.9 Å². The van der Waals surface area contributed by atoms with Crippen LogP contribution in [0.1, 0.15) is 35.7 Å². The number of anilines is 3. The second kappa shape index (κ2) is 8.44. The van der Waals surface area contributed by atoms with Crippen molar-refractivity contribution in [3.05, 3.63) is 60.0 Å². The highest BCUT2D eigenvalue weighted by Crippen LogP contribution is 2.57. The van der Waals surface area contributed by atoms with E-state index in [0.717, 1.165) is 48.6 Å². The van der Waals surface area contributed by atoms with Gasteiger partial charge in [-0.1, -0.05) is 6.07 Å². The summed E-state index contributed by atoms with van der Waals surface area (Å²) in [6, 6.07) is 9.85. The Kier molecular flexibility index (Phi) is 5.46. The molecule has 170 valence electrons. The van der Waals surface area contributed by atoms with E-state index >= 15 is 0 Å². The summed E-state index contributed by atoms with van der Waals surface area (Å²) < 4.78 is 0. The van der Waals surface area contributed by atoms with Crippen LogP contribution in [0.15, 0.2) is 48.9 Å². The topological polar surface area (TPSA) is 94.5 Å². The summed E-state index contributed by atoms with van der Waals surface area (Å²) in [5, 5.41) is 12.5. The molecule has 1 fully saturated rings. The highest BCUT2D eigenvalue weighted by Gasteiger charge is 2.52. The van der Waals surface area contributed by atoms with Gasteiger partial charge < -0.3 is 20.2 Å². The van der Waals surface area contributed by atoms with Crippen LogP contribution in [0.25, 0.3) is 11.3 Å². The van der Waals surface area contributed by atoms with Gasteiger partial charge in [0.1, 0.15) is 0 Å². The van der Waals surface area contributed by atoms with E-state index < -0.39 is 0 Å². The maximum absolute atomic E-state index is 12.8. The Bertz CT molecular complexity index is 1180. The number of aliphatic hydroxyl groups is 1. The first kappa shape index (κ1) is 21.3. The Morgan fingerprint density at radius 2 is 1.97 bits per heavy atom. The molecule has 3 aromatic rings. The van der Waals surface area contributed by atoms with E-state index in [1.807, 2.05) is 36.7 Å². The quantitative estimate of drug-likeness (QED) is 0.578. The minimum atomic E-state index is -0.105. The van der Waals surface area contributed by atoms with Gasteiger partial charge in [0.05, 0.1) is 12.3 Å². The lowest BCUT2D eigenvalue weighted by molar-refractivity contribution is 0.0767. The third-order valence-electron chi connectivity index (χ3n) is 6.52. The van der Waals surface area contributed by atoms with Gasteiger partial charge in [0.2, 0.25) is 5.95 Å². The van der Waals surface area contributed by atoms with Gasteiger partial charge in [-0.05, 0) is 49.6 Å². The molecule has 1 aliphatic carbocycles. The van der Waals surface area contributed by atoms with E-state index in [0.29, 0.717) is 18.1 Å². The van der Waals surface area contributed by atoms with Crippen LogP contribution in [-0.2, 0) is 5.41 Å². The molecule has 8 nitrogen and oxygen atoms in total. The van der Waals surface area contributed by atoms with E-state index in [2.05, 4.69) is 38.2 Å². The number of aromatic nitrogens is 3. The molecule has 1 amide bonds. The number of nitrogens with zero attached hydrogens (tertiary/aromatic N) is 5. The molecular weight excluding hydrogens is 416 g/mol. The van der Waals surface area contributed by atoms with E-state index in [1.54, 1.807) is 13.2 Å². The smallest absolute Gasteiger partial charge is 0.253 e. The van der Waals surface area contributed by atoms with Gasteiger partial charge in [-0.15, -0.1) is 0 Å². The third kappa shape index (κ3) is 3.91.